The van der Waals surface area contributed by atoms with E-state index in [0.29, 0.717) is 44.9 Å². The molecule has 1 fully saturated rings. The second kappa shape index (κ2) is 12.3. The molecule has 1 saturated heterocycles. The molecule has 0 saturated carbocycles. The molecule has 0 aromatic heterocycles. The highest BCUT2D eigenvalue weighted by Gasteiger charge is 2.31. The van der Waals surface area contributed by atoms with Gasteiger partial charge in [-0.3, -0.25) is 4.79 Å². The van der Waals surface area contributed by atoms with E-state index in [1.807, 2.05) is 37.3 Å². The SMILES string of the molecule is CCNC(=O)CCCN(CO)C(=O)N1CCC([C@@H](c2ccccc2)c2ccc(F)cc2)CC1. The van der Waals surface area contributed by atoms with E-state index in [0.717, 1.165) is 18.4 Å². The summed E-state index contributed by atoms with van der Waals surface area (Å²) >= 11 is 0. The molecule has 0 aliphatic carbocycles. The Morgan fingerprint density at radius 1 is 1.09 bits per heavy atom. The first-order valence-electron chi connectivity index (χ1n) is 11.7. The van der Waals surface area contributed by atoms with Gasteiger partial charge in [0.2, 0.25) is 5.91 Å². The number of urea groups is 1. The molecule has 2 aromatic rings. The number of carbonyl (C=O) groups excluding carboxylic acids is 2. The monoisotopic (exact) mass is 455 g/mol. The number of rotatable bonds is 9. The summed E-state index contributed by atoms with van der Waals surface area (Å²) in [7, 11) is 0. The number of aliphatic hydroxyl groups excluding tert-OH is 1. The summed E-state index contributed by atoms with van der Waals surface area (Å²) < 4.78 is 13.5. The second-order valence-corrected chi connectivity index (χ2v) is 8.51. The van der Waals surface area contributed by atoms with E-state index in [2.05, 4.69) is 17.4 Å². The van der Waals surface area contributed by atoms with Crippen LogP contribution in [-0.4, -0.2) is 59.8 Å². The molecule has 1 atom stereocenters. The molecule has 0 radical (unpaired) electrons. The molecule has 3 amide bonds. The van der Waals surface area contributed by atoms with E-state index < -0.39 is 0 Å². The van der Waals surface area contributed by atoms with E-state index in [9.17, 15) is 19.1 Å². The molecule has 7 heteroatoms. The molecule has 2 N–H and O–H groups in total. The van der Waals surface area contributed by atoms with Gasteiger partial charge in [-0.1, -0.05) is 42.5 Å². The van der Waals surface area contributed by atoms with Crippen molar-refractivity contribution in [2.24, 2.45) is 5.92 Å². The summed E-state index contributed by atoms with van der Waals surface area (Å²) in [5.41, 5.74) is 2.27. The van der Waals surface area contributed by atoms with Gasteiger partial charge in [-0.25, -0.2) is 9.18 Å². The highest BCUT2D eigenvalue weighted by Crippen LogP contribution is 2.38. The summed E-state index contributed by atoms with van der Waals surface area (Å²) in [5, 5.41) is 12.4. The molecule has 1 heterocycles. The van der Waals surface area contributed by atoms with Crippen molar-refractivity contribution in [2.45, 2.75) is 38.5 Å². The molecular formula is C26H34FN3O3. The normalized spacial score (nSPS) is 15.2. The molecule has 33 heavy (non-hydrogen) atoms. The average molecular weight is 456 g/mol. The van der Waals surface area contributed by atoms with Crippen LogP contribution in [0, 0.1) is 11.7 Å². The van der Waals surface area contributed by atoms with Crippen molar-refractivity contribution < 1.29 is 19.1 Å². The molecule has 0 spiro atoms. The Morgan fingerprint density at radius 2 is 1.73 bits per heavy atom. The minimum atomic E-state index is -0.365. The largest absolute Gasteiger partial charge is 0.376 e. The van der Waals surface area contributed by atoms with E-state index >= 15 is 0 Å². The summed E-state index contributed by atoms with van der Waals surface area (Å²) in [5.74, 6) is 0.163. The first-order chi connectivity index (χ1) is 16.0. The predicted octanol–water partition coefficient (Wildman–Crippen LogP) is 3.96. The smallest absolute Gasteiger partial charge is 0.321 e. The third kappa shape index (κ3) is 6.78. The van der Waals surface area contributed by atoms with Crippen LogP contribution in [0.1, 0.15) is 49.7 Å². The zero-order valence-corrected chi connectivity index (χ0v) is 19.3. The number of aliphatic hydroxyl groups is 1. The number of piperidine rings is 1. The first-order valence-corrected chi connectivity index (χ1v) is 11.7. The fourth-order valence-electron chi connectivity index (χ4n) is 4.63. The van der Waals surface area contributed by atoms with Crippen molar-refractivity contribution in [3.8, 4) is 0 Å². The van der Waals surface area contributed by atoms with Gasteiger partial charge in [-0.15, -0.1) is 0 Å². The maximum absolute atomic E-state index is 13.5. The molecule has 0 unspecified atom stereocenters. The number of amides is 3. The van der Waals surface area contributed by atoms with Gasteiger partial charge in [0.1, 0.15) is 12.5 Å². The third-order valence-corrected chi connectivity index (χ3v) is 6.32. The van der Waals surface area contributed by atoms with Gasteiger partial charge >= 0.3 is 6.03 Å². The van der Waals surface area contributed by atoms with Crippen molar-refractivity contribution in [1.29, 1.82) is 0 Å². The first kappa shape index (κ1) is 24.7. The Labute approximate surface area is 195 Å². The number of benzene rings is 2. The van der Waals surface area contributed by atoms with Crippen molar-refractivity contribution >= 4 is 11.9 Å². The lowest BCUT2D eigenvalue weighted by molar-refractivity contribution is -0.121. The highest BCUT2D eigenvalue weighted by molar-refractivity contribution is 5.76. The molecular weight excluding hydrogens is 421 g/mol. The van der Waals surface area contributed by atoms with Gasteiger partial charge in [0.25, 0.3) is 0 Å². The van der Waals surface area contributed by atoms with Crippen molar-refractivity contribution in [2.75, 3.05) is 32.9 Å². The summed E-state index contributed by atoms with van der Waals surface area (Å²) in [6.45, 7) is 3.62. The van der Waals surface area contributed by atoms with Crippen LogP contribution in [0.25, 0.3) is 0 Å². The molecule has 1 aliphatic rings. The van der Waals surface area contributed by atoms with Gasteiger partial charge in [0.15, 0.2) is 0 Å². The van der Waals surface area contributed by atoms with Crippen LogP contribution in [0.4, 0.5) is 9.18 Å². The summed E-state index contributed by atoms with van der Waals surface area (Å²) in [4.78, 5) is 27.7. The minimum Gasteiger partial charge on any atom is -0.376 e. The van der Waals surface area contributed by atoms with Gasteiger partial charge in [0.05, 0.1) is 0 Å². The van der Waals surface area contributed by atoms with Crippen LogP contribution in [0.2, 0.25) is 0 Å². The topological polar surface area (TPSA) is 72.9 Å². The fraction of sp³-hybridized carbons (Fsp3) is 0.462. The van der Waals surface area contributed by atoms with E-state index in [1.54, 1.807) is 4.90 Å². The summed E-state index contributed by atoms with van der Waals surface area (Å²) in [6.07, 6.45) is 2.48. The average Bonchev–Trinajstić information content (AvgIpc) is 2.84. The number of likely N-dealkylation sites (tertiary alicyclic amines) is 1. The maximum Gasteiger partial charge on any atom is 0.321 e. The zero-order valence-electron chi connectivity index (χ0n) is 19.3. The Kier molecular flexibility index (Phi) is 9.24. The Bertz CT molecular complexity index is 883. The summed E-state index contributed by atoms with van der Waals surface area (Å²) in [6, 6.07) is 16.8. The number of nitrogens with zero attached hydrogens (tertiary/aromatic N) is 2. The van der Waals surface area contributed by atoms with Crippen LogP contribution in [-0.2, 0) is 4.79 Å². The fourth-order valence-corrected chi connectivity index (χ4v) is 4.63. The highest BCUT2D eigenvalue weighted by atomic mass is 19.1. The molecule has 178 valence electrons. The molecule has 6 nitrogen and oxygen atoms in total. The Balaban J connectivity index is 1.62. The van der Waals surface area contributed by atoms with Gasteiger partial charge in [-0.2, -0.15) is 0 Å². The van der Waals surface area contributed by atoms with Crippen molar-refractivity contribution in [1.82, 2.24) is 15.1 Å². The second-order valence-electron chi connectivity index (χ2n) is 8.51. The van der Waals surface area contributed by atoms with E-state index in [-0.39, 0.29) is 30.4 Å². The third-order valence-electron chi connectivity index (χ3n) is 6.32. The molecule has 0 bridgehead atoms. The zero-order chi connectivity index (χ0) is 23.6. The quantitative estimate of drug-likeness (QED) is 0.562. The lowest BCUT2D eigenvalue weighted by Crippen LogP contribution is -2.48. The number of hydrogen-bond acceptors (Lipinski definition) is 3. The Morgan fingerprint density at radius 3 is 2.33 bits per heavy atom. The number of hydrogen-bond donors (Lipinski definition) is 2. The van der Waals surface area contributed by atoms with E-state index in [1.165, 1.54) is 22.6 Å². The van der Waals surface area contributed by atoms with Crippen molar-refractivity contribution in [3.05, 3.63) is 71.5 Å². The maximum atomic E-state index is 13.5. The number of halogens is 1. The van der Waals surface area contributed by atoms with E-state index in [4.69, 9.17) is 0 Å². The predicted molar refractivity (Wildman–Crippen MR) is 126 cm³/mol. The Hall–Kier alpha value is -2.93. The molecule has 3 rings (SSSR count). The van der Waals surface area contributed by atoms with Gasteiger partial charge in [0, 0.05) is 38.5 Å². The van der Waals surface area contributed by atoms with Crippen molar-refractivity contribution in [3.63, 3.8) is 0 Å². The van der Waals surface area contributed by atoms with Crippen LogP contribution < -0.4 is 5.32 Å². The minimum absolute atomic E-state index is 0.0450. The molecule has 2 aromatic carbocycles. The number of nitrogens with one attached hydrogen (secondary N) is 1. The lowest BCUT2D eigenvalue weighted by Gasteiger charge is -2.38. The van der Waals surface area contributed by atoms with Crippen LogP contribution in [0.3, 0.4) is 0 Å². The number of carbonyl (C=O) groups is 2. The van der Waals surface area contributed by atoms with Gasteiger partial charge in [-0.05, 0) is 55.4 Å². The standard InChI is InChI=1S/C26H34FN3O3/c1-2-28-24(32)9-6-16-30(19-31)26(33)29-17-14-22(15-18-29)25(20-7-4-3-5-8-20)21-10-12-23(27)13-11-21/h3-5,7-8,10-13,22,25,31H,2,6,9,14-19H2,1H3,(H,28,32)/t25-/m0/s1. The lowest BCUT2D eigenvalue weighted by atomic mass is 9.76. The molecule has 1 aliphatic heterocycles. The van der Waals surface area contributed by atoms with Crippen LogP contribution >= 0.6 is 0 Å². The van der Waals surface area contributed by atoms with Gasteiger partial charge < -0.3 is 20.2 Å². The van der Waals surface area contributed by atoms with Crippen LogP contribution in [0.15, 0.2) is 54.6 Å². The van der Waals surface area contributed by atoms with Crippen LogP contribution in [0.5, 0.6) is 0 Å².